The molecule has 1 aliphatic heterocycles. The van der Waals surface area contributed by atoms with Crippen molar-refractivity contribution in [1.82, 2.24) is 9.97 Å². The molecule has 1 aliphatic rings. The molecule has 0 fully saturated rings. The molecular weight excluding hydrogens is 324 g/mol. The number of methoxy groups -OCH3 is 1. The first-order valence-corrected chi connectivity index (χ1v) is 8.86. The summed E-state index contributed by atoms with van der Waals surface area (Å²) >= 11 is 0. The molecule has 1 N–H and O–H groups in total. The third kappa shape index (κ3) is 3.20. The molecule has 0 saturated heterocycles. The quantitative estimate of drug-likeness (QED) is 0.747. The lowest BCUT2D eigenvalue weighted by Gasteiger charge is -2.30. The van der Waals surface area contributed by atoms with Crippen LogP contribution in [0.2, 0.25) is 0 Å². The monoisotopic (exact) mass is 346 g/mol. The fraction of sp³-hybridized carbons (Fsp3) is 0.238. The van der Waals surface area contributed by atoms with Crippen LogP contribution in [0.4, 0.5) is 23.1 Å². The van der Waals surface area contributed by atoms with Crippen molar-refractivity contribution in [3.63, 3.8) is 0 Å². The summed E-state index contributed by atoms with van der Waals surface area (Å²) in [6.07, 6.45) is 2.23. The minimum atomic E-state index is 0.576. The summed E-state index contributed by atoms with van der Waals surface area (Å²) in [5.41, 5.74) is 4.38. The minimum absolute atomic E-state index is 0.576. The molecule has 0 radical (unpaired) electrons. The normalized spacial score (nSPS) is 13.2. The Morgan fingerprint density at radius 2 is 1.85 bits per heavy atom. The van der Waals surface area contributed by atoms with Crippen LogP contribution < -0.4 is 15.0 Å². The zero-order chi connectivity index (χ0) is 17.9. The van der Waals surface area contributed by atoms with Gasteiger partial charge in [0, 0.05) is 24.0 Å². The number of ether oxygens (including phenoxy) is 1. The van der Waals surface area contributed by atoms with Gasteiger partial charge in [-0.15, -0.1) is 0 Å². The van der Waals surface area contributed by atoms with E-state index in [2.05, 4.69) is 39.5 Å². The summed E-state index contributed by atoms with van der Waals surface area (Å²) in [7, 11) is 1.66. The van der Waals surface area contributed by atoms with Crippen LogP contribution in [0.25, 0.3) is 0 Å². The molecular formula is C21H22N4O. The Bertz CT molecular complexity index is 925. The maximum Gasteiger partial charge on any atom is 0.229 e. The van der Waals surface area contributed by atoms with E-state index < -0.39 is 0 Å². The maximum absolute atomic E-state index is 5.41. The molecule has 1 aromatic heterocycles. The van der Waals surface area contributed by atoms with Gasteiger partial charge in [-0.3, -0.25) is 0 Å². The third-order valence-corrected chi connectivity index (χ3v) is 4.58. The highest BCUT2D eigenvalue weighted by molar-refractivity contribution is 5.68. The fourth-order valence-electron chi connectivity index (χ4n) is 3.39. The second-order valence-corrected chi connectivity index (χ2v) is 6.40. The number of nitrogens with one attached hydrogen (secondary N) is 1. The number of aromatic nitrogens is 2. The van der Waals surface area contributed by atoms with E-state index in [0.29, 0.717) is 5.95 Å². The molecule has 0 bridgehead atoms. The highest BCUT2D eigenvalue weighted by Crippen LogP contribution is 2.33. The van der Waals surface area contributed by atoms with E-state index in [1.165, 1.54) is 11.3 Å². The predicted octanol–water partition coefficient (Wildman–Crippen LogP) is 4.62. The second kappa shape index (κ2) is 7.04. The molecule has 0 aliphatic carbocycles. The Balaban J connectivity index is 1.70. The fourth-order valence-corrected chi connectivity index (χ4v) is 3.39. The molecule has 3 aromatic rings. The minimum Gasteiger partial charge on any atom is -0.495 e. The second-order valence-electron chi connectivity index (χ2n) is 6.40. The molecule has 5 heteroatoms. The number of benzene rings is 2. The highest BCUT2D eigenvalue weighted by atomic mass is 16.5. The average Bonchev–Trinajstić information content (AvgIpc) is 2.67. The molecule has 0 atom stereocenters. The first-order chi connectivity index (χ1) is 12.7. The van der Waals surface area contributed by atoms with Gasteiger partial charge in [-0.2, -0.15) is 4.98 Å². The van der Waals surface area contributed by atoms with Crippen molar-refractivity contribution in [2.24, 2.45) is 0 Å². The number of fused-ring (bicyclic) bond motifs is 1. The van der Waals surface area contributed by atoms with Crippen molar-refractivity contribution in [3.8, 4) is 5.75 Å². The van der Waals surface area contributed by atoms with Gasteiger partial charge in [0.25, 0.3) is 0 Å². The van der Waals surface area contributed by atoms with Gasteiger partial charge in [-0.1, -0.05) is 30.3 Å². The summed E-state index contributed by atoms with van der Waals surface area (Å²) in [5.74, 6) is 2.26. The number of hydrogen-bond donors (Lipinski definition) is 1. The van der Waals surface area contributed by atoms with Gasteiger partial charge in [0.1, 0.15) is 11.6 Å². The SMILES string of the molecule is COc1ccccc1Nc1nc(C)cc(N2CCCc3ccccc32)n1. The average molecular weight is 346 g/mol. The van der Waals surface area contributed by atoms with Crippen LogP contribution in [0.15, 0.2) is 54.6 Å². The Morgan fingerprint density at radius 3 is 2.73 bits per heavy atom. The van der Waals surface area contributed by atoms with E-state index in [1.807, 2.05) is 37.3 Å². The molecule has 2 aromatic carbocycles. The van der Waals surface area contributed by atoms with Gasteiger partial charge in [0.2, 0.25) is 5.95 Å². The first kappa shape index (κ1) is 16.4. The third-order valence-electron chi connectivity index (χ3n) is 4.58. The summed E-state index contributed by atoms with van der Waals surface area (Å²) in [5, 5.41) is 3.29. The Hall–Kier alpha value is -3.08. The van der Waals surface area contributed by atoms with E-state index in [0.717, 1.165) is 42.3 Å². The number of anilines is 4. The maximum atomic E-state index is 5.41. The Labute approximate surface area is 153 Å². The van der Waals surface area contributed by atoms with E-state index in [-0.39, 0.29) is 0 Å². The van der Waals surface area contributed by atoms with E-state index in [4.69, 9.17) is 9.72 Å². The van der Waals surface area contributed by atoms with E-state index in [9.17, 15) is 0 Å². The molecule has 26 heavy (non-hydrogen) atoms. The van der Waals surface area contributed by atoms with Crippen molar-refractivity contribution < 1.29 is 4.74 Å². The van der Waals surface area contributed by atoms with Gasteiger partial charge in [0.05, 0.1) is 12.8 Å². The summed E-state index contributed by atoms with van der Waals surface area (Å²) in [6.45, 7) is 2.95. The van der Waals surface area contributed by atoms with Gasteiger partial charge < -0.3 is 15.0 Å². The Morgan fingerprint density at radius 1 is 1.04 bits per heavy atom. The standard InChI is InChI=1S/C21H22N4O/c1-15-14-20(25-13-7-9-16-8-3-5-11-18(16)25)24-21(22-15)23-17-10-4-6-12-19(17)26-2/h3-6,8,10-12,14H,7,9,13H2,1-2H3,(H,22,23,24). The molecule has 0 saturated carbocycles. The van der Waals surface area contributed by atoms with Crippen molar-refractivity contribution >= 4 is 23.1 Å². The van der Waals surface area contributed by atoms with Crippen LogP contribution in [-0.4, -0.2) is 23.6 Å². The van der Waals surface area contributed by atoms with Crippen LogP contribution in [0, 0.1) is 6.92 Å². The lowest BCUT2D eigenvalue weighted by Crippen LogP contribution is -2.25. The highest BCUT2D eigenvalue weighted by Gasteiger charge is 2.20. The number of nitrogens with zero attached hydrogens (tertiary/aromatic N) is 3. The zero-order valence-corrected chi connectivity index (χ0v) is 15.1. The summed E-state index contributed by atoms with van der Waals surface area (Å²) in [6, 6.07) is 18.4. The van der Waals surface area contributed by atoms with E-state index in [1.54, 1.807) is 7.11 Å². The molecule has 5 nitrogen and oxygen atoms in total. The van der Waals surface area contributed by atoms with Gasteiger partial charge in [-0.05, 0) is 43.5 Å². The molecule has 0 unspecified atom stereocenters. The first-order valence-electron chi connectivity index (χ1n) is 8.86. The van der Waals surface area contributed by atoms with Crippen LogP contribution in [-0.2, 0) is 6.42 Å². The van der Waals surface area contributed by atoms with Gasteiger partial charge >= 0.3 is 0 Å². The lowest BCUT2D eigenvalue weighted by atomic mass is 10.0. The van der Waals surface area contributed by atoms with Crippen LogP contribution >= 0.6 is 0 Å². The van der Waals surface area contributed by atoms with Gasteiger partial charge in [0.15, 0.2) is 0 Å². The molecule has 0 spiro atoms. The van der Waals surface area contributed by atoms with Crippen molar-refractivity contribution in [2.45, 2.75) is 19.8 Å². The summed E-state index contributed by atoms with van der Waals surface area (Å²) < 4.78 is 5.41. The van der Waals surface area contributed by atoms with Crippen molar-refractivity contribution in [2.75, 3.05) is 23.9 Å². The number of hydrogen-bond acceptors (Lipinski definition) is 5. The smallest absolute Gasteiger partial charge is 0.229 e. The molecule has 132 valence electrons. The van der Waals surface area contributed by atoms with E-state index >= 15 is 0 Å². The van der Waals surface area contributed by atoms with Gasteiger partial charge in [-0.25, -0.2) is 4.98 Å². The lowest BCUT2D eigenvalue weighted by molar-refractivity contribution is 0.417. The van der Waals surface area contributed by atoms with Crippen LogP contribution in [0.1, 0.15) is 17.7 Å². The Kier molecular flexibility index (Phi) is 4.44. The predicted molar refractivity (Wildman–Crippen MR) is 105 cm³/mol. The molecule has 2 heterocycles. The molecule has 0 amide bonds. The van der Waals surface area contributed by atoms with Crippen LogP contribution in [0.5, 0.6) is 5.75 Å². The number of rotatable bonds is 4. The topological polar surface area (TPSA) is 50.3 Å². The largest absolute Gasteiger partial charge is 0.495 e. The number of para-hydroxylation sites is 3. The molecule has 4 rings (SSSR count). The summed E-state index contributed by atoms with van der Waals surface area (Å²) in [4.78, 5) is 11.6. The van der Waals surface area contributed by atoms with Crippen LogP contribution in [0.3, 0.4) is 0 Å². The zero-order valence-electron chi connectivity index (χ0n) is 15.1. The van der Waals surface area contributed by atoms with Crippen molar-refractivity contribution in [3.05, 3.63) is 65.9 Å². The number of aryl methyl sites for hydroxylation is 2. The van der Waals surface area contributed by atoms with Crippen molar-refractivity contribution in [1.29, 1.82) is 0 Å².